The van der Waals surface area contributed by atoms with Crippen LogP contribution in [0.1, 0.15) is 51.9 Å². The van der Waals surface area contributed by atoms with Crippen LogP contribution in [0.3, 0.4) is 0 Å². The van der Waals surface area contributed by atoms with Gasteiger partial charge in [-0.2, -0.15) is 0 Å². The minimum absolute atomic E-state index is 0.186. The Hall–Kier alpha value is -0.570. The average Bonchev–Trinajstić information content (AvgIpc) is 2.87. The predicted molar refractivity (Wildman–Crippen MR) is 65.2 cm³/mol. The Morgan fingerprint density at radius 3 is 2.50 bits per heavy atom. The van der Waals surface area contributed by atoms with Gasteiger partial charge in [-0.15, -0.1) is 0 Å². The van der Waals surface area contributed by atoms with Crippen LogP contribution in [0.2, 0.25) is 0 Å². The van der Waals surface area contributed by atoms with Crippen LogP contribution in [0.15, 0.2) is 0 Å². The van der Waals surface area contributed by atoms with Crippen LogP contribution in [0.4, 0.5) is 0 Å². The molecule has 0 aromatic carbocycles. The molecule has 0 aliphatic heterocycles. The molecule has 0 heterocycles. The summed E-state index contributed by atoms with van der Waals surface area (Å²) in [4.78, 5) is 11.7. The molecule has 0 aromatic heterocycles. The summed E-state index contributed by atoms with van der Waals surface area (Å²) in [5, 5.41) is 6.51. The highest BCUT2D eigenvalue weighted by Crippen LogP contribution is 2.24. The first kappa shape index (κ1) is 11.9. The third kappa shape index (κ3) is 3.21. The molecule has 2 atom stereocenters. The number of carbonyl (C=O) groups is 1. The standard InChI is InChI=1S/C13H24N2O/c1-10-5-4-8-12(10)14-9-13(16)15-11-6-2-3-7-11/h10-12,14H,2-9H2,1H3,(H,15,16). The van der Waals surface area contributed by atoms with Gasteiger partial charge in [0.15, 0.2) is 0 Å². The summed E-state index contributed by atoms with van der Waals surface area (Å²) in [6.45, 7) is 2.78. The molecule has 2 saturated carbocycles. The minimum Gasteiger partial charge on any atom is -0.352 e. The van der Waals surface area contributed by atoms with E-state index in [1.54, 1.807) is 0 Å². The molecule has 16 heavy (non-hydrogen) atoms. The second-order valence-electron chi connectivity index (χ2n) is 5.44. The number of hydrogen-bond acceptors (Lipinski definition) is 2. The molecule has 0 bridgehead atoms. The van der Waals surface area contributed by atoms with Crippen molar-refractivity contribution in [1.82, 2.24) is 10.6 Å². The number of hydrogen-bond donors (Lipinski definition) is 2. The zero-order chi connectivity index (χ0) is 11.4. The van der Waals surface area contributed by atoms with Crippen LogP contribution < -0.4 is 10.6 Å². The van der Waals surface area contributed by atoms with Crippen molar-refractivity contribution in [3.63, 3.8) is 0 Å². The number of rotatable bonds is 4. The van der Waals surface area contributed by atoms with E-state index in [2.05, 4.69) is 17.6 Å². The minimum atomic E-state index is 0.186. The van der Waals surface area contributed by atoms with E-state index in [9.17, 15) is 4.79 Å². The largest absolute Gasteiger partial charge is 0.352 e. The first-order valence-corrected chi connectivity index (χ1v) is 6.78. The molecular weight excluding hydrogens is 200 g/mol. The quantitative estimate of drug-likeness (QED) is 0.765. The van der Waals surface area contributed by atoms with Gasteiger partial charge in [-0.1, -0.05) is 26.2 Å². The van der Waals surface area contributed by atoms with E-state index in [1.165, 1.54) is 44.9 Å². The van der Waals surface area contributed by atoms with Gasteiger partial charge in [0.2, 0.25) is 5.91 Å². The zero-order valence-corrected chi connectivity index (χ0v) is 10.3. The van der Waals surface area contributed by atoms with Gasteiger partial charge in [-0.3, -0.25) is 4.79 Å². The summed E-state index contributed by atoms with van der Waals surface area (Å²) >= 11 is 0. The van der Waals surface area contributed by atoms with E-state index in [0.717, 1.165) is 5.92 Å². The third-order valence-corrected chi connectivity index (χ3v) is 4.11. The van der Waals surface area contributed by atoms with Crippen molar-refractivity contribution in [2.75, 3.05) is 6.54 Å². The van der Waals surface area contributed by atoms with E-state index in [1.807, 2.05) is 0 Å². The van der Waals surface area contributed by atoms with E-state index in [4.69, 9.17) is 0 Å². The molecule has 3 heteroatoms. The van der Waals surface area contributed by atoms with Crippen LogP contribution in [-0.2, 0) is 4.79 Å². The summed E-state index contributed by atoms with van der Waals surface area (Å²) in [5.74, 6) is 0.922. The average molecular weight is 224 g/mol. The molecule has 2 N–H and O–H groups in total. The second-order valence-corrected chi connectivity index (χ2v) is 5.44. The number of amides is 1. The maximum absolute atomic E-state index is 11.7. The smallest absolute Gasteiger partial charge is 0.234 e. The molecule has 1 amide bonds. The van der Waals surface area contributed by atoms with E-state index in [0.29, 0.717) is 18.6 Å². The lowest BCUT2D eigenvalue weighted by molar-refractivity contribution is -0.121. The SMILES string of the molecule is CC1CCCC1NCC(=O)NC1CCCC1. The molecule has 2 unspecified atom stereocenters. The van der Waals surface area contributed by atoms with Gasteiger partial charge in [0.05, 0.1) is 6.54 Å². The molecular formula is C13H24N2O. The Bertz CT molecular complexity index is 236. The van der Waals surface area contributed by atoms with Gasteiger partial charge in [-0.05, 0) is 31.6 Å². The Balaban J connectivity index is 1.63. The molecule has 3 nitrogen and oxygen atoms in total. The Labute approximate surface area is 98.4 Å². The maximum Gasteiger partial charge on any atom is 0.234 e. The number of nitrogens with one attached hydrogen (secondary N) is 2. The van der Waals surface area contributed by atoms with Gasteiger partial charge < -0.3 is 10.6 Å². The Morgan fingerprint density at radius 2 is 1.88 bits per heavy atom. The van der Waals surface area contributed by atoms with Crippen molar-refractivity contribution < 1.29 is 4.79 Å². The van der Waals surface area contributed by atoms with E-state index < -0.39 is 0 Å². The fourth-order valence-corrected chi connectivity index (χ4v) is 3.02. The molecule has 0 spiro atoms. The van der Waals surface area contributed by atoms with E-state index in [-0.39, 0.29) is 5.91 Å². The molecule has 2 fully saturated rings. The Morgan fingerprint density at radius 1 is 1.12 bits per heavy atom. The summed E-state index contributed by atoms with van der Waals surface area (Å²) in [7, 11) is 0. The highest BCUT2D eigenvalue weighted by atomic mass is 16.1. The predicted octanol–water partition coefficient (Wildman–Crippen LogP) is 1.82. The lowest BCUT2D eigenvalue weighted by Gasteiger charge is -2.18. The van der Waals surface area contributed by atoms with Gasteiger partial charge in [0, 0.05) is 12.1 Å². The van der Waals surface area contributed by atoms with Crippen molar-refractivity contribution in [2.45, 2.75) is 64.0 Å². The van der Waals surface area contributed by atoms with Crippen molar-refractivity contribution in [3.8, 4) is 0 Å². The van der Waals surface area contributed by atoms with E-state index >= 15 is 0 Å². The van der Waals surface area contributed by atoms with Gasteiger partial charge >= 0.3 is 0 Å². The number of carbonyl (C=O) groups excluding carboxylic acids is 1. The first-order valence-electron chi connectivity index (χ1n) is 6.78. The lowest BCUT2D eigenvalue weighted by atomic mass is 10.1. The maximum atomic E-state index is 11.7. The van der Waals surface area contributed by atoms with Crippen molar-refractivity contribution >= 4 is 5.91 Å². The molecule has 2 rings (SSSR count). The van der Waals surface area contributed by atoms with Crippen molar-refractivity contribution in [2.24, 2.45) is 5.92 Å². The molecule has 0 saturated heterocycles. The van der Waals surface area contributed by atoms with Gasteiger partial charge in [-0.25, -0.2) is 0 Å². The van der Waals surface area contributed by atoms with Crippen molar-refractivity contribution in [1.29, 1.82) is 0 Å². The van der Waals surface area contributed by atoms with Gasteiger partial charge in [0.25, 0.3) is 0 Å². The van der Waals surface area contributed by atoms with Crippen LogP contribution in [0, 0.1) is 5.92 Å². The summed E-state index contributed by atoms with van der Waals surface area (Å²) < 4.78 is 0. The topological polar surface area (TPSA) is 41.1 Å². The molecule has 2 aliphatic rings. The second kappa shape index (κ2) is 5.67. The fourth-order valence-electron chi connectivity index (χ4n) is 3.02. The van der Waals surface area contributed by atoms with Crippen LogP contribution in [0.25, 0.3) is 0 Å². The van der Waals surface area contributed by atoms with Crippen LogP contribution in [-0.4, -0.2) is 24.5 Å². The zero-order valence-electron chi connectivity index (χ0n) is 10.3. The highest BCUT2D eigenvalue weighted by Gasteiger charge is 2.23. The molecule has 2 aliphatic carbocycles. The lowest BCUT2D eigenvalue weighted by Crippen LogP contribution is -2.43. The monoisotopic (exact) mass is 224 g/mol. The normalized spacial score (nSPS) is 30.8. The van der Waals surface area contributed by atoms with Crippen molar-refractivity contribution in [3.05, 3.63) is 0 Å². The summed E-state index contributed by atoms with van der Waals surface area (Å²) in [6.07, 6.45) is 8.75. The van der Waals surface area contributed by atoms with Crippen LogP contribution >= 0.6 is 0 Å². The first-order chi connectivity index (χ1) is 7.75. The van der Waals surface area contributed by atoms with Crippen LogP contribution in [0.5, 0.6) is 0 Å². The highest BCUT2D eigenvalue weighted by molar-refractivity contribution is 5.78. The summed E-state index contributed by atoms with van der Waals surface area (Å²) in [6, 6.07) is 1.02. The third-order valence-electron chi connectivity index (χ3n) is 4.11. The molecule has 0 radical (unpaired) electrons. The Kier molecular flexibility index (Phi) is 4.22. The molecule has 92 valence electrons. The molecule has 0 aromatic rings. The van der Waals surface area contributed by atoms with Gasteiger partial charge in [0.1, 0.15) is 0 Å². The summed E-state index contributed by atoms with van der Waals surface area (Å²) in [5.41, 5.74) is 0. The fraction of sp³-hybridized carbons (Fsp3) is 0.923.